The first kappa shape index (κ1) is 9.38. The lowest BCUT2D eigenvalue weighted by Crippen LogP contribution is -2.20. The molecule has 1 aromatic rings. The molecule has 2 nitrogen and oxygen atoms in total. The molecular formula is C12H17NO. The second-order valence-electron chi connectivity index (χ2n) is 4.04. The minimum absolute atomic E-state index is 0.329. The number of anilines is 1. The molecule has 0 heterocycles. The predicted molar refractivity (Wildman–Crippen MR) is 58.5 cm³/mol. The fraction of sp³-hybridized carbons (Fsp3) is 0.500. The van der Waals surface area contributed by atoms with Crippen molar-refractivity contribution >= 4 is 5.69 Å². The van der Waals surface area contributed by atoms with Gasteiger partial charge in [-0.25, -0.2) is 0 Å². The molecule has 1 atom stereocenters. The molecule has 0 radical (unpaired) electrons. The highest BCUT2D eigenvalue weighted by Crippen LogP contribution is 2.35. The molecular weight excluding hydrogens is 174 g/mol. The smallest absolute Gasteiger partial charge is 0.115 e. The van der Waals surface area contributed by atoms with Gasteiger partial charge in [0.1, 0.15) is 5.75 Å². The molecule has 1 fully saturated rings. The van der Waals surface area contributed by atoms with Gasteiger partial charge in [0.25, 0.3) is 0 Å². The van der Waals surface area contributed by atoms with Crippen molar-refractivity contribution in [3.8, 4) is 5.75 Å². The Morgan fingerprint density at radius 2 is 2.00 bits per heavy atom. The summed E-state index contributed by atoms with van der Waals surface area (Å²) in [5.41, 5.74) is 1.11. The van der Waals surface area contributed by atoms with Crippen molar-refractivity contribution in [2.45, 2.75) is 32.2 Å². The third kappa shape index (κ3) is 2.19. The maximum Gasteiger partial charge on any atom is 0.115 e. The molecule has 1 unspecified atom stereocenters. The summed E-state index contributed by atoms with van der Waals surface area (Å²) < 4.78 is 0. The first-order valence-electron chi connectivity index (χ1n) is 5.35. The third-order valence-electron chi connectivity index (χ3n) is 2.85. The lowest BCUT2D eigenvalue weighted by atomic mass is 10.1. The monoisotopic (exact) mass is 191 g/mol. The van der Waals surface area contributed by atoms with Crippen molar-refractivity contribution in [2.75, 3.05) is 5.32 Å². The van der Waals surface area contributed by atoms with Crippen LogP contribution < -0.4 is 5.32 Å². The van der Waals surface area contributed by atoms with Crippen LogP contribution in [-0.4, -0.2) is 11.1 Å². The highest BCUT2D eigenvalue weighted by Gasteiger charge is 2.29. The molecule has 1 aliphatic rings. The Morgan fingerprint density at radius 3 is 2.50 bits per heavy atom. The molecule has 0 aliphatic heterocycles. The van der Waals surface area contributed by atoms with Crippen molar-refractivity contribution in [2.24, 2.45) is 5.92 Å². The summed E-state index contributed by atoms with van der Waals surface area (Å²) in [6.45, 7) is 2.22. The largest absolute Gasteiger partial charge is 0.508 e. The van der Waals surface area contributed by atoms with Gasteiger partial charge in [-0.05, 0) is 49.4 Å². The molecule has 76 valence electrons. The number of aromatic hydroxyl groups is 1. The lowest BCUT2D eigenvalue weighted by molar-refractivity contribution is 0.475. The Balaban J connectivity index is 1.98. The topological polar surface area (TPSA) is 32.3 Å². The van der Waals surface area contributed by atoms with Crippen LogP contribution in [0.5, 0.6) is 5.75 Å². The van der Waals surface area contributed by atoms with Gasteiger partial charge in [-0.3, -0.25) is 0 Å². The zero-order chi connectivity index (χ0) is 9.97. The van der Waals surface area contributed by atoms with Gasteiger partial charge in [-0.2, -0.15) is 0 Å². The van der Waals surface area contributed by atoms with Gasteiger partial charge in [-0.15, -0.1) is 0 Å². The summed E-state index contributed by atoms with van der Waals surface area (Å²) >= 11 is 0. The van der Waals surface area contributed by atoms with Crippen LogP contribution in [0.1, 0.15) is 26.2 Å². The van der Waals surface area contributed by atoms with Crippen LogP contribution >= 0.6 is 0 Å². The number of phenols is 1. The van der Waals surface area contributed by atoms with Crippen molar-refractivity contribution in [1.29, 1.82) is 0 Å². The Hall–Kier alpha value is -1.18. The lowest BCUT2D eigenvalue weighted by Gasteiger charge is -2.17. The van der Waals surface area contributed by atoms with Gasteiger partial charge in [0.2, 0.25) is 0 Å². The Morgan fingerprint density at radius 1 is 1.36 bits per heavy atom. The quantitative estimate of drug-likeness (QED) is 0.717. The van der Waals surface area contributed by atoms with Gasteiger partial charge in [-0.1, -0.05) is 6.92 Å². The van der Waals surface area contributed by atoms with Gasteiger partial charge in [0, 0.05) is 11.7 Å². The van der Waals surface area contributed by atoms with E-state index in [1.807, 2.05) is 12.1 Å². The van der Waals surface area contributed by atoms with Crippen molar-refractivity contribution in [1.82, 2.24) is 0 Å². The third-order valence-corrected chi connectivity index (χ3v) is 2.85. The van der Waals surface area contributed by atoms with Crippen LogP contribution in [0, 0.1) is 5.92 Å². The van der Waals surface area contributed by atoms with E-state index in [-0.39, 0.29) is 0 Å². The molecule has 0 spiro atoms. The number of rotatable bonds is 4. The highest BCUT2D eigenvalue weighted by molar-refractivity contribution is 5.47. The van der Waals surface area contributed by atoms with Gasteiger partial charge < -0.3 is 10.4 Å². The number of hydrogen-bond donors (Lipinski definition) is 2. The number of nitrogens with one attached hydrogen (secondary N) is 1. The SMILES string of the molecule is CCC(Nc1ccc(O)cc1)C1CC1. The van der Waals surface area contributed by atoms with E-state index >= 15 is 0 Å². The molecule has 2 rings (SSSR count). The van der Waals surface area contributed by atoms with E-state index in [0.29, 0.717) is 11.8 Å². The molecule has 0 bridgehead atoms. The first-order valence-corrected chi connectivity index (χ1v) is 5.35. The molecule has 2 N–H and O–H groups in total. The Bertz CT molecular complexity index is 290. The van der Waals surface area contributed by atoms with E-state index in [0.717, 1.165) is 11.6 Å². The van der Waals surface area contributed by atoms with Gasteiger partial charge >= 0.3 is 0 Å². The summed E-state index contributed by atoms with van der Waals surface area (Å²) in [5, 5.41) is 12.6. The van der Waals surface area contributed by atoms with E-state index in [9.17, 15) is 0 Å². The first-order chi connectivity index (χ1) is 6.79. The van der Waals surface area contributed by atoms with Gasteiger partial charge in [0.15, 0.2) is 0 Å². The van der Waals surface area contributed by atoms with Crippen LogP contribution in [0.25, 0.3) is 0 Å². The summed E-state index contributed by atoms with van der Waals surface area (Å²) in [6.07, 6.45) is 3.90. The van der Waals surface area contributed by atoms with E-state index in [2.05, 4.69) is 12.2 Å². The average Bonchev–Trinajstić information content (AvgIpc) is 3.01. The molecule has 0 amide bonds. The Labute approximate surface area is 85.0 Å². The Kier molecular flexibility index (Phi) is 2.62. The van der Waals surface area contributed by atoms with E-state index < -0.39 is 0 Å². The fourth-order valence-electron chi connectivity index (χ4n) is 1.82. The minimum atomic E-state index is 0.329. The van der Waals surface area contributed by atoms with Crippen molar-refractivity contribution in [3.05, 3.63) is 24.3 Å². The molecule has 0 saturated heterocycles. The minimum Gasteiger partial charge on any atom is -0.508 e. The number of benzene rings is 1. The van der Waals surface area contributed by atoms with E-state index in [4.69, 9.17) is 5.11 Å². The molecule has 2 heteroatoms. The van der Waals surface area contributed by atoms with Crippen LogP contribution in [0.3, 0.4) is 0 Å². The average molecular weight is 191 g/mol. The van der Waals surface area contributed by atoms with Gasteiger partial charge in [0.05, 0.1) is 0 Å². The van der Waals surface area contributed by atoms with Crippen LogP contribution in [0.15, 0.2) is 24.3 Å². The summed E-state index contributed by atoms with van der Waals surface area (Å²) in [5.74, 6) is 1.20. The fourth-order valence-corrected chi connectivity index (χ4v) is 1.82. The number of hydrogen-bond acceptors (Lipinski definition) is 2. The van der Waals surface area contributed by atoms with Crippen LogP contribution in [0.4, 0.5) is 5.69 Å². The zero-order valence-electron chi connectivity index (χ0n) is 8.53. The standard InChI is InChI=1S/C12H17NO/c1-2-12(9-3-4-9)13-10-5-7-11(14)8-6-10/h5-9,12-14H,2-4H2,1H3. The predicted octanol–water partition coefficient (Wildman–Crippen LogP) is 2.99. The van der Waals surface area contributed by atoms with E-state index in [1.54, 1.807) is 12.1 Å². The number of phenolic OH excluding ortho intramolecular Hbond substituents is 1. The van der Waals surface area contributed by atoms with Crippen LogP contribution in [-0.2, 0) is 0 Å². The summed E-state index contributed by atoms with van der Waals surface area (Å²) in [7, 11) is 0. The molecule has 1 aromatic carbocycles. The molecule has 0 aromatic heterocycles. The molecule has 1 saturated carbocycles. The maximum absolute atomic E-state index is 9.14. The normalized spacial score (nSPS) is 17.8. The van der Waals surface area contributed by atoms with Crippen molar-refractivity contribution < 1.29 is 5.11 Å². The highest BCUT2D eigenvalue weighted by atomic mass is 16.3. The maximum atomic E-state index is 9.14. The second-order valence-corrected chi connectivity index (χ2v) is 4.04. The molecule has 14 heavy (non-hydrogen) atoms. The summed E-state index contributed by atoms with van der Waals surface area (Å²) in [4.78, 5) is 0. The second kappa shape index (κ2) is 3.91. The van der Waals surface area contributed by atoms with Crippen molar-refractivity contribution in [3.63, 3.8) is 0 Å². The zero-order valence-corrected chi connectivity index (χ0v) is 8.53. The molecule has 1 aliphatic carbocycles. The van der Waals surface area contributed by atoms with E-state index in [1.165, 1.54) is 19.3 Å². The van der Waals surface area contributed by atoms with Crippen LogP contribution in [0.2, 0.25) is 0 Å². The summed E-state index contributed by atoms with van der Waals surface area (Å²) in [6, 6.07) is 7.92.